The van der Waals surface area contributed by atoms with Crippen LogP contribution in [0.15, 0.2) is 30.5 Å². The summed E-state index contributed by atoms with van der Waals surface area (Å²) >= 11 is 5.89. The molecule has 7 heteroatoms. The van der Waals surface area contributed by atoms with Crippen molar-refractivity contribution in [1.82, 2.24) is 4.57 Å². The van der Waals surface area contributed by atoms with Gasteiger partial charge in [0.25, 0.3) is 5.91 Å². The second kappa shape index (κ2) is 7.31. The van der Waals surface area contributed by atoms with Crippen LogP contribution in [0.3, 0.4) is 0 Å². The number of nitrogens with zero attached hydrogens (tertiary/aromatic N) is 1. The van der Waals surface area contributed by atoms with E-state index in [1.807, 2.05) is 6.92 Å². The number of ether oxygens (including phenoxy) is 1. The molecular formula is C17H17ClN2O4. The van der Waals surface area contributed by atoms with Gasteiger partial charge in [0.15, 0.2) is 12.4 Å². The number of carbonyl (C=O) groups is 3. The molecule has 1 amide bonds. The van der Waals surface area contributed by atoms with Gasteiger partial charge < -0.3 is 14.6 Å². The molecule has 0 atom stereocenters. The van der Waals surface area contributed by atoms with E-state index in [4.69, 9.17) is 16.3 Å². The number of aromatic nitrogens is 1. The predicted molar refractivity (Wildman–Crippen MR) is 90.5 cm³/mol. The molecule has 126 valence electrons. The van der Waals surface area contributed by atoms with Crippen LogP contribution in [0, 0.1) is 6.92 Å². The van der Waals surface area contributed by atoms with Crippen LogP contribution in [0.2, 0.25) is 5.02 Å². The minimum absolute atomic E-state index is 0.154. The maximum atomic E-state index is 12.0. The molecule has 0 saturated heterocycles. The molecule has 2 aromatic rings. The van der Waals surface area contributed by atoms with E-state index in [-0.39, 0.29) is 11.5 Å². The van der Waals surface area contributed by atoms with E-state index < -0.39 is 18.5 Å². The first kappa shape index (κ1) is 17.7. The van der Waals surface area contributed by atoms with Gasteiger partial charge in [0.1, 0.15) is 5.69 Å². The SMILES string of the molecule is CC(=O)c1cc(C(=O)OCC(=O)Nc2cc(Cl)ccc2C)n(C)c1. The quantitative estimate of drug-likeness (QED) is 0.665. The van der Waals surface area contributed by atoms with E-state index >= 15 is 0 Å². The summed E-state index contributed by atoms with van der Waals surface area (Å²) in [5.41, 5.74) is 2.00. The van der Waals surface area contributed by atoms with Gasteiger partial charge in [-0.15, -0.1) is 0 Å². The number of hydrogen-bond acceptors (Lipinski definition) is 4. The molecule has 0 aliphatic carbocycles. The highest BCUT2D eigenvalue weighted by Crippen LogP contribution is 2.20. The highest BCUT2D eigenvalue weighted by Gasteiger charge is 2.16. The van der Waals surface area contributed by atoms with Crippen LogP contribution in [0.5, 0.6) is 0 Å². The second-order valence-electron chi connectivity index (χ2n) is 5.36. The van der Waals surface area contributed by atoms with Crippen molar-refractivity contribution in [3.63, 3.8) is 0 Å². The van der Waals surface area contributed by atoms with Crippen LogP contribution in [0.4, 0.5) is 5.69 Å². The Hall–Kier alpha value is -2.60. The van der Waals surface area contributed by atoms with Crippen LogP contribution >= 0.6 is 11.6 Å². The summed E-state index contributed by atoms with van der Waals surface area (Å²) in [5.74, 6) is -1.31. The molecule has 0 aliphatic rings. The lowest BCUT2D eigenvalue weighted by Crippen LogP contribution is -2.22. The van der Waals surface area contributed by atoms with Crippen molar-refractivity contribution < 1.29 is 19.1 Å². The third-order valence-corrected chi connectivity index (χ3v) is 3.66. The summed E-state index contributed by atoms with van der Waals surface area (Å²) in [6.07, 6.45) is 1.54. The van der Waals surface area contributed by atoms with Crippen LogP contribution in [0.25, 0.3) is 0 Å². The first-order chi connectivity index (χ1) is 11.3. The van der Waals surface area contributed by atoms with Crippen molar-refractivity contribution in [3.8, 4) is 0 Å². The summed E-state index contributed by atoms with van der Waals surface area (Å²) in [7, 11) is 1.62. The molecule has 0 saturated carbocycles. The van der Waals surface area contributed by atoms with E-state index in [1.165, 1.54) is 23.8 Å². The zero-order valence-electron chi connectivity index (χ0n) is 13.6. The Kier molecular flexibility index (Phi) is 5.41. The van der Waals surface area contributed by atoms with E-state index in [2.05, 4.69) is 5.32 Å². The Morgan fingerprint density at radius 1 is 1.25 bits per heavy atom. The second-order valence-corrected chi connectivity index (χ2v) is 5.80. The van der Waals surface area contributed by atoms with Gasteiger partial charge >= 0.3 is 5.97 Å². The first-order valence-corrected chi connectivity index (χ1v) is 7.56. The zero-order valence-corrected chi connectivity index (χ0v) is 14.3. The summed E-state index contributed by atoms with van der Waals surface area (Å²) < 4.78 is 6.47. The van der Waals surface area contributed by atoms with Gasteiger partial charge in [0.05, 0.1) is 0 Å². The molecule has 2 rings (SSSR count). The number of esters is 1. The van der Waals surface area contributed by atoms with Gasteiger partial charge in [-0.05, 0) is 37.6 Å². The van der Waals surface area contributed by atoms with Gasteiger partial charge in [0.2, 0.25) is 0 Å². The number of ketones is 1. The fourth-order valence-corrected chi connectivity index (χ4v) is 2.25. The molecule has 1 heterocycles. The van der Waals surface area contributed by atoms with E-state index in [9.17, 15) is 14.4 Å². The first-order valence-electron chi connectivity index (χ1n) is 7.18. The number of rotatable bonds is 5. The van der Waals surface area contributed by atoms with Crippen LogP contribution < -0.4 is 5.32 Å². The molecule has 0 fully saturated rings. The number of carbonyl (C=O) groups excluding carboxylic acids is 3. The number of Topliss-reactive ketones (excluding diaryl/α,β-unsaturated/α-hetero) is 1. The Balaban J connectivity index is 1.97. The lowest BCUT2D eigenvalue weighted by atomic mass is 10.2. The van der Waals surface area contributed by atoms with E-state index in [0.717, 1.165) is 5.56 Å². The molecule has 0 radical (unpaired) electrons. The summed E-state index contributed by atoms with van der Waals surface area (Å²) in [6, 6.07) is 6.54. The van der Waals surface area contributed by atoms with Gasteiger partial charge in [-0.1, -0.05) is 17.7 Å². The highest BCUT2D eigenvalue weighted by molar-refractivity contribution is 6.31. The van der Waals surface area contributed by atoms with Crippen molar-refractivity contribution in [2.24, 2.45) is 7.05 Å². The number of amides is 1. The van der Waals surface area contributed by atoms with E-state index in [1.54, 1.807) is 25.2 Å². The number of aryl methyl sites for hydroxylation is 2. The standard InChI is InChI=1S/C17H17ClN2O4/c1-10-4-5-13(18)7-14(10)19-16(22)9-24-17(23)15-6-12(11(2)21)8-20(15)3/h4-8H,9H2,1-3H3,(H,19,22). The van der Waals surface area contributed by atoms with Crippen molar-refractivity contribution in [1.29, 1.82) is 0 Å². The average molecular weight is 349 g/mol. The number of nitrogens with one attached hydrogen (secondary N) is 1. The minimum Gasteiger partial charge on any atom is -0.451 e. The Morgan fingerprint density at radius 2 is 1.96 bits per heavy atom. The van der Waals surface area contributed by atoms with Gasteiger partial charge in [-0.25, -0.2) is 4.79 Å². The van der Waals surface area contributed by atoms with Crippen LogP contribution in [0.1, 0.15) is 33.3 Å². The lowest BCUT2D eigenvalue weighted by Gasteiger charge is -2.09. The normalized spacial score (nSPS) is 10.3. The Labute approximate surface area is 144 Å². The molecule has 6 nitrogen and oxygen atoms in total. The topological polar surface area (TPSA) is 77.4 Å². The Bertz CT molecular complexity index is 811. The minimum atomic E-state index is -0.678. The number of hydrogen-bond donors (Lipinski definition) is 1. The van der Waals surface area contributed by atoms with Crippen molar-refractivity contribution >= 4 is 34.9 Å². The molecule has 0 unspecified atom stereocenters. The maximum Gasteiger partial charge on any atom is 0.355 e. The van der Waals surface area contributed by atoms with Crippen LogP contribution in [-0.4, -0.2) is 28.8 Å². The fraction of sp³-hybridized carbons (Fsp3) is 0.235. The fourth-order valence-electron chi connectivity index (χ4n) is 2.08. The third kappa shape index (κ3) is 4.23. The smallest absolute Gasteiger partial charge is 0.355 e. The van der Waals surface area contributed by atoms with Crippen molar-refractivity contribution in [2.45, 2.75) is 13.8 Å². The molecule has 24 heavy (non-hydrogen) atoms. The van der Waals surface area contributed by atoms with Gasteiger partial charge in [-0.2, -0.15) is 0 Å². The monoisotopic (exact) mass is 348 g/mol. The molecule has 0 bridgehead atoms. The number of benzene rings is 1. The number of halogens is 1. The van der Waals surface area contributed by atoms with Crippen LogP contribution in [-0.2, 0) is 16.6 Å². The van der Waals surface area contributed by atoms with Crippen molar-refractivity contribution in [3.05, 3.63) is 52.3 Å². The molecular weight excluding hydrogens is 332 g/mol. The Morgan fingerprint density at radius 3 is 2.58 bits per heavy atom. The maximum absolute atomic E-state index is 12.0. The summed E-state index contributed by atoms with van der Waals surface area (Å²) in [5, 5.41) is 3.13. The number of anilines is 1. The predicted octanol–water partition coefficient (Wildman–Crippen LogP) is 2.99. The van der Waals surface area contributed by atoms with Crippen molar-refractivity contribution in [2.75, 3.05) is 11.9 Å². The van der Waals surface area contributed by atoms with Gasteiger partial charge in [0, 0.05) is 29.5 Å². The summed E-state index contributed by atoms with van der Waals surface area (Å²) in [4.78, 5) is 35.3. The largest absolute Gasteiger partial charge is 0.451 e. The van der Waals surface area contributed by atoms with E-state index in [0.29, 0.717) is 16.3 Å². The molecule has 1 aromatic carbocycles. The molecule has 1 N–H and O–H groups in total. The third-order valence-electron chi connectivity index (χ3n) is 3.43. The highest BCUT2D eigenvalue weighted by atomic mass is 35.5. The molecule has 0 spiro atoms. The van der Waals surface area contributed by atoms with Gasteiger partial charge in [-0.3, -0.25) is 9.59 Å². The molecule has 0 aliphatic heterocycles. The lowest BCUT2D eigenvalue weighted by molar-refractivity contribution is -0.119. The summed E-state index contributed by atoms with van der Waals surface area (Å²) in [6.45, 7) is 2.79. The molecule has 1 aromatic heterocycles. The average Bonchev–Trinajstić information content (AvgIpc) is 2.91. The zero-order chi connectivity index (χ0) is 17.9.